The van der Waals surface area contributed by atoms with Crippen molar-refractivity contribution < 1.29 is 4.74 Å². The van der Waals surface area contributed by atoms with Crippen molar-refractivity contribution in [1.82, 2.24) is 15.3 Å². The molecule has 1 aromatic rings. The van der Waals surface area contributed by atoms with Crippen LogP contribution in [0.3, 0.4) is 0 Å². The van der Waals surface area contributed by atoms with Gasteiger partial charge in [0.15, 0.2) is 5.82 Å². The van der Waals surface area contributed by atoms with Crippen LogP contribution in [0, 0.1) is 0 Å². The highest BCUT2D eigenvalue weighted by Gasteiger charge is 2.37. The van der Waals surface area contributed by atoms with E-state index < -0.39 is 0 Å². The number of fused-ring (bicyclic) bond motifs is 1. The van der Waals surface area contributed by atoms with Gasteiger partial charge in [0.05, 0.1) is 5.69 Å². The highest BCUT2D eigenvalue weighted by Crippen LogP contribution is 2.39. The molecule has 0 unspecified atom stereocenters. The van der Waals surface area contributed by atoms with Crippen molar-refractivity contribution in [1.29, 1.82) is 0 Å². The molecule has 0 atom stereocenters. The minimum Gasteiger partial charge on any atom is -0.370 e. The SMILES string of the molecule is CCc1nc(C2(OC)CCCCC2)nc2c1CCNC2. The standard InChI is InChI=1S/C16H25N3O/c1-3-13-12-7-10-17-11-14(12)19-15(18-13)16(20-2)8-5-4-6-9-16/h17H,3-11H2,1-2H3. The molecule has 4 heteroatoms. The van der Waals surface area contributed by atoms with Crippen LogP contribution in [0.1, 0.15) is 61.8 Å². The molecule has 0 aromatic carbocycles. The summed E-state index contributed by atoms with van der Waals surface area (Å²) in [4.78, 5) is 9.80. The summed E-state index contributed by atoms with van der Waals surface area (Å²) in [6.07, 6.45) is 7.88. The molecule has 0 saturated heterocycles. The van der Waals surface area contributed by atoms with Crippen molar-refractivity contribution in [2.45, 2.75) is 64.0 Å². The maximum atomic E-state index is 5.91. The first-order chi connectivity index (χ1) is 9.79. The van der Waals surface area contributed by atoms with Crippen molar-refractivity contribution in [2.75, 3.05) is 13.7 Å². The molecule has 0 amide bonds. The zero-order valence-electron chi connectivity index (χ0n) is 12.7. The Hall–Kier alpha value is -1.00. The Morgan fingerprint density at radius 3 is 2.70 bits per heavy atom. The van der Waals surface area contributed by atoms with Crippen molar-refractivity contribution in [3.05, 3.63) is 22.8 Å². The smallest absolute Gasteiger partial charge is 0.160 e. The third-order valence-electron chi connectivity index (χ3n) is 4.82. The zero-order chi connectivity index (χ0) is 14.0. The topological polar surface area (TPSA) is 47.0 Å². The summed E-state index contributed by atoms with van der Waals surface area (Å²) in [7, 11) is 1.82. The molecule has 0 spiro atoms. The summed E-state index contributed by atoms with van der Waals surface area (Å²) < 4.78 is 5.91. The highest BCUT2D eigenvalue weighted by atomic mass is 16.5. The molecule has 110 valence electrons. The molecule has 0 radical (unpaired) electrons. The van der Waals surface area contributed by atoms with E-state index in [2.05, 4.69) is 12.2 Å². The average molecular weight is 275 g/mol. The first kappa shape index (κ1) is 14.0. The molecule has 1 aliphatic heterocycles. The van der Waals surface area contributed by atoms with E-state index in [9.17, 15) is 0 Å². The molecule has 2 aliphatic rings. The van der Waals surface area contributed by atoms with Crippen LogP contribution in [0.25, 0.3) is 0 Å². The predicted octanol–water partition coefficient (Wildman–Crippen LogP) is 2.49. The Kier molecular flexibility index (Phi) is 4.03. The monoisotopic (exact) mass is 275 g/mol. The number of aryl methyl sites for hydroxylation is 1. The minimum atomic E-state index is -0.241. The summed E-state index contributed by atoms with van der Waals surface area (Å²) >= 11 is 0. The summed E-state index contributed by atoms with van der Waals surface area (Å²) in [5, 5.41) is 3.42. The average Bonchev–Trinajstić information content (AvgIpc) is 2.54. The lowest BCUT2D eigenvalue weighted by molar-refractivity contribution is -0.0518. The molecule has 1 saturated carbocycles. The van der Waals surface area contributed by atoms with Crippen LogP contribution in [-0.4, -0.2) is 23.6 Å². The van der Waals surface area contributed by atoms with Crippen LogP contribution >= 0.6 is 0 Å². The minimum absolute atomic E-state index is 0.241. The number of ether oxygens (including phenoxy) is 1. The Morgan fingerprint density at radius 2 is 2.00 bits per heavy atom. The maximum Gasteiger partial charge on any atom is 0.160 e. The fourth-order valence-corrected chi connectivity index (χ4v) is 3.58. The summed E-state index contributed by atoms with van der Waals surface area (Å²) in [5.74, 6) is 0.930. The number of methoxy groups -OCH3 is 1. The van der Waals surface area contributed by atoms with E-state index in [1.807, 2.05) is 7.11 Å². The molecule has 1 N–H and O–H groups in total. The predicted molar refractivity (Wildman–Crippen MR) is 78.6 cm³/mol. The van der Waals surface area contributed by atoms with Crippen LogP contribution in [0.2, 0.25) is 0 Å². The third kappa shape index (κ3) is 2.35. The molecule has 1 aromatic heterocycles. The van der Waals surface area contributed by atoms with Crippen LogP contribution in [0.5, 0.6) is 0 Å². The number of nitrogens with one attached hydrogen (secondary N) is 1. The van der Waals surface area contributed by atoms with Gasteiger partial charge in [-0.3, -0.25) is 0 Å². The summed E-state index contributed by atoms with van der Waals surface area (Å²) in [6.45, 7) is 4.10. The van der Waals surface area contributed by atoms with Crippen LogP contribution < -0.4 is 5.32 Å². The van der Waals surface area contributed by atoms with Crippen molar-refractivity contribution in [3.8, 4) is 0 Å². The van der Waals surface area contributed by atoms with Gasteiger partial charge in [-0.05, 0) is 37.8 Å². The zero-order valence-corrected chi connectivity index (χ0v) is 12.7. The first-order valence-electron chi connectivity index (χ1n) is 7.94. The van der Waals surface area contributed by atoms with E-state index in [0.717, 1.165) is 44.6 Å². The fraction of sp³-hybridized carbons (Fsp3) is 0.750. The Labute approximate surface area is 121 Å². The number of aromatic nitrogens is 2. The maximum absolute atomic E-state index is 5.91. The van der Waals surface area contributed by atoms with Gasteiger partial charge in [0.2, 0.25) is 0 Å². The van der Waals surface area contributed by atoms with E-state index >= 15 is 0 Å². The van der Waals surface area contributed by atoms with Gasteiger partial charge < -0.3 is 10.1 Å². The molecular weight excluding hydrogens is 250 g/mol. The van der Waals surface area contributed by atoms with E-state index in [1.54, 1.807) is 0 Å². The molecular formula is C16H25N3O. The van der Waals surface area contributed by atoms with Crippen molar-refractivity contribution in [2.24, 2.45) is 0 Å². The van der Waals surface area contributed by atoms with Gasteiger partial charge in [-0.15, -0.1) is 0 Å². The van der Waals surface area contributed by atoms with Gasteiger partial charge in [-0.25, -0.2) is 9.97 Å². The lowest BCUT2D eigenvalue weighted by Gasteiger charge is -2.35. The highest BCUT2D eigenvalue weighted by molar-refractivity contribution is 5.30. The first-order valence-corrected chi connectivity index (χ1v) is 7.94. The normalized spacial score (nSPS) is 21.5. The van der Waals surface area contributed by atoms with Crippen LogP contribution in [0.15, 0.2) is 0 Å². The van der Waals surface area contributed by atoms with E-state index in [4.69, 9.17) is 14.7 Å². The molecule has 4 nitrogen and oxygen atoms in total. The second-order valence-electron chi connectivity index (χ2n) is 5.96. The van der Waals surface area contributed by atoms with Crippen LogP contribution in [-0.2, 0) is 29.7 Å². The van der Waals surface area contributed by atoms with Gasteiger partial charge in [0, 0.05) is 19.3 Å². The lowest BCUT2D eigenvalue weighted by Crippen LogP contribution is -2.36. The number of rotatable bonds is 3. The van der Waals surface area contributed by atoms with Gasteiger partial charge >= 0.3 is 0 Å². The summed E-state index contributed by atoms with van der Waals surface area (Å²) in [5.41, 5.74) is 3.56. The number of nitrogens with zero attached hydrogens (tertiary/aromatic N) is 2. The molecule has 0 bridgehead atoms. The molecule has 20 heavy (non-hydrogen) atoms. The molecule has 2 heterocycles. The quantitative estimate of drug-likeness (QED) is 0.920. The number of hydrogen-bond acceptors (Lipinski definition) is 4. The second-order valence-corrected chi connectivity index (χ2v) is 5.96. The van der Waals surface area contributed by atoms with Gasteiger partial charge in [-0.2, -0.15) is 0 Å². The lowest BCUT2D eigenvalue weighted by atomic mass is 9.83. The number of hydrogen-bond donors (Lipinski definition) is 1. The van der Waals surface area contributed by atoms with Crippen LogP contribution in [0.4, 0.5) is 0 Å². The Morgan fingerprint density at radius 1 is 1.20 bits per heavy atom. The Bertz CT molecular complexity index is 464. The van der Waals surface area contributed by atoms with Crippen molar-refractivity contribution in [3.63, 3.8) is 0 Å². The van der Waals surface area contributed by atoms with Gasteiger partial charge in [0.1, 0.15) is 5.60 Å². The Balaban J connectivity index is 2.04. The third-order valence-corrected chi connectivity index (χ3v) is 4.82. The van der Waals surface area contributed by atoms with E-state index in [-0.39, 0.29) is 5.60 Å². The fourth-order valence-electron chi connectivity index (χ4n) is 3.58. The second kappa shape index (κ2) is 5.78. The van der Waals surface area contributed by atoms with Gasteiger partial charge in [-0.1, -0.05) is 26.2 Å². The summed E-state index contributed by atoms with van der Waals surface area (Å²) in [6, 6.07) is 0. The molecule has 1 fully saturated rings. The van der Waals surface area contributed by atoms with Crippen molar-refractivity contribution >= 4 is 0 Å². The molecule has 1 aliphatic carbocycles. The van der Waals surface area contributed by atoms with E-state index in [0.29, 0.717) is 0 Å². The van der Waals surface area contributed by atoms with Gasteiger partial charge in [0.25, 0.3) is 0 Å². The molecule has 3 rings (SSSR count). The largest absolute Gasteiger partial charge is 0.370 e. The van der Waals surface area contributed by atoms with E-state index in [1.165, 1.54) is 36.2 Å².